The molecule has 0 spiro atoms. The lowest BCUT2D eigenvalue weighted by atomic mass is 10.3. The highest BCUT2D eigenvalue weighted by atomic mass is 32.1. The van der Waals surface area contributed by atoms with E-state index in [1.54, 1.807) is 22.7 Å². The van der Waals surface area contributed by atoms with Gasteiger partial charge in [-0.05, 0) is 24.3 Å². The first-order chi connectivity index (χ1) is 13.9. The second kappa shape index (κ2) is 7.34. The van der Waals surface area contributed by atoms with Gasteiger partial charge in [0.25, 0.3) is 0 Å². The van der Waals surface area contributed by atoms with Crippen LogP contribution in [0.2, 0.25) is 0 Å². The minimum Gasteiger partial charge on any atom is -0.337 e. The second-order valence-electron chi connectivity index (χ2n) is 5.95. The molecular weight excluding hydrogens is 388 g/mol. The van der Waals surface area contributed by atoms with Gasteiger partial charge >= 0.3 is 0 Å². The molecule has 4 heterocycles. The Labute approximate surface area is 168 Å². The van der Waals surface area contributed by atoms with E-state index < -0.39 is 0 Å². The van der Waals surface area contributed by atoms with Crippen LogP contribution in [0.1, 0.15) is 0 Å². The zero-order chi connectivity index (χ0) is 18.8. The summed E-state index contributed by atoms with van der Waals surface area (Å²) in [5, 5.41) is 3.97. The summed E-state index contributed by atoms with van der Waals surface area (Å²) in [6.45, 7) is 0. The van der Waals surface area contributed by atoms with Gasteiger partial charge in [-0.15, -0.1) is 22.7 Å². The molecule has 4 aromatic heterocycles. The van der Waals surface area contributed by atoms with E-state index in [1.807, 2.05) is 70.3 Å². The number of H-pyrrole nitrogens is 2. The molecule has 0 unspecified atom stereocenters. The van der Waals surface area contributed by atoms with Crippen LogP contribution in [-0.4, -0.2) is 29.9 Å². The van der Waals surface area contributed by atoms with Crippen molar-refractivity contribution in [2.24, 2.45) is 0 Å². The van der Waals surface area contributed by atoms with Crippen molar-refractivity contribution in [3.05, 3.63) is 70.3 Å². The molecule has 136 valence electrons. The maximum atomic E-state index is 4.44. The predicted molar refractivity (Wildman–Crippen MR) is 114 cm³/mol. The SMILES string of the molecule is c1ccc2[nH]c(-c3cscn3)nc2c1.c1ccc2[nH]c(-c3cscn3)nc2c1. The van der Waals surface area contributed by atoms with Crippen LogP contribution in [0.25, 0.3) is 45.1 Å². The largest absolute Gasteiger partial charge is 0.337 e. The van der Waals surface area contributed by atoms with Crippen LogP contribution in [-0.2, 0) is 0 Å². The summed E-state index contributed by atoms with van der Waals surface area (Å²) >= 11 is 3.15. The van der Waals surface area contributed by atoms with Crippen LogP contribution in [0.3, 0.4) is 0 Å². The normalized spacial score (nSPS) is 10.9. The number of nitrogens with zero attached hydrogens (tertiary/aromatic N) is 4. The van der Waals surface area contributed by atoms with E-state index in [2.05, 4.69) is 29.9 Å². The Morgan fingerprint density at radius 2 is 1.07 bits per heavy atom. The molecule has 6 aromatic rings. The van der Waals surface area contributed by atoms with Crippen molar-refractivity contribution in [2.75, 3.05) is 0 Å². The quantitative estimate of drug-likeness (QED) is 0.408. The fraction of sp³-hybridized carbons (Fsp3) is 0. The number of thiazole rings is 2. The Bertz CT molecular complexity index is 1150. The smallest absolute Gasteiger partial charge is 0.158 e. The average molecular weight is 403 g/mol. The first kappa shape index (κ1) is 16.8. The van der Waals surface area contributed by atoms with Crippen LogP contribution in [0, 0.1) is 0 Å². The standard InChI is InChI=1S/2C10H7N3S/c2*1-2-4-8-7(3-1)12-10(13-8)9-5-14-6-11-9/h2*1-6H,(H,12,13). The molecule has 0 aliphatic heterocycles. The lowest BCUT2D eigenvalue weighted by molar-refractivity contribution is 1.27. The minimum atomic E-state index is 0.840. The minimum absolute atomic E-state index is 0.840. The van der Waals surface area contributed by atoms with E-state index in [0.29, 0.717) is 0 Å². The first-order valence-electron chi connectivity index (χ1n) is 8.53. The number of hydrogen-bond acceptors (Lipinski definition) is 6. The van der Waals surface area contributed by atoms with Crippen LogP contribution in [0.15, 0.2) is 70.3 Å². The lowest BCUT2D eigenvalue weighted by Crippen LogP contribution is -1.77. The third-order valence-corrected chi connectivity index (χ3v) is 5.30. The summed E-state index contributed by atoms with van der Waals surface area (Å²) in [5.41, 5.74) is 9.50. The van der Waals surface area contributed by atoms with E-state index in [0.717, 1.165) is 45.1 Å². The Hall–Kier alpha value is -3.36. The van der Waals surface area contributed by atoms with Crippen molar-refractivity contribution >= 4 is 44.7 Å². The van der Waals surface area contributed by atoms with Gasteiger partial charge in [0.15, 0.2) is 11.6 Å². The molecule has 28 heavy (non-hydrogen) atoms. The zero-order valence-corrected chi connectivity index (χ0v) is 16.2. The molecule has 0 radical (unpaired) electrons. The zero-order valence-electron chi connectivity index (χ0n) is 14.5. The molecule has 6 rings (SSSR count). The average Bonchev–Trinajstić information content (AvgIpc) is 3.54. The summed E-state index contributed by atoms with van der Waals surface area (Å²) in [6.07, 6.45) is 0. The van der Waals surface area contributed by atoms with E-state index in [-0.39, 0.29) is 0 Å². The molecule has 0 aliphatic carbocycles. The Morgan fingerprint density at radius 3 is 1.46 bits per heavy atom. The fourth-order valence-electron chi connectivity index (χ4n) is 2.81. The number of rotatable bonds is 2. The summed E-state index contributed by atoms with van der Waals surface area (Å²) in [5.74, 6) is 1.68. The van der Waals surface area contributed by atoms with Crippen LogP contribution in [0.5, 0.6) is 0 Å². The highest BCUT2D eigenvalue weighted by molar-refractivity contribution is 7.08. The number of hydrogen-bond donors (Lipinski definition) is 2. The summed E-state index contributed by atoms with van der Waals surface area (Å²) < 4.78 is 0. The van der Waals surface area contributed by atoms with E-state index in [4.69, 9.17) is 0 Å². The number of aromatic nitrogens is 6. The van der Waals surface area contributed by atoms with Crippen LogP contribution in [0.4, 0.5) is 0 Å². The number of nitrogens with one attached hydrogen (secondary N) is 2. The number of imidazole rings is 2. The molecule has 0 fully saturated rings. The Morgan fingerprint density at radius 1 is 0.607 bits per heavy atom. The molecule has 2 aromatic carbocycles. The molecule has 0 atom stereocenters. The number of para-hydroxylation sites is 4. The van der Waals surface area contributed by atoms with Gasteiger partial charge in [0.05, 0.1) is 33.1 Å². The Balaban J connectivity index is 0.000000122. The van der Waals surface area contributed by atoms with Crippen molar-refractivity contribution in [3.63, 3.8) is 0 Å². The van der Waals surface area contributed by atoms with E-state index in [1.165, 1.54) is 0 Å². The van der Waals surface area contributed by atoms with Gasteiger partial charge in [0.1, 0.15) is 11.4 Å². The van der Waals surface area contributed by atoms with Gasteiger partial charge in [0, 0.05) is 10.8 Å². The number of fused-ring (bicyclic) bond motifs is 2. The molecule has 0 saturated carbocycles. The van der Waals surface area contributed by atoms with Crippen LogP contribution < -0.4 is 0 Å². The Kier molecular flexibility index (Phi) is 4.40. The van der Waals surface area contributed by atoms with Crippen molar-refractivity contribution in [3.8, 4) is 23.0 Å². The highest BCUT2D eigenvalue weighted by Crippen LogP contribution is 2.20. The van der Waals surface area contributed by atoms with Crippen molar-refractivity contribution in [1.29, 1.82) is 0 Å². The number of benzene rings is 2. The predicted octanol–water partition coefficient (Wildman–Crippen LogP) is 5.37. The first-order valence-corrected chi connectivity index (χ1v) is 10.4. The molecule has 0 saturated heterocycles. The monoisotopic (exact) mass is 402 g/mol. The molecule has 2 N–H and O–H groups in total. The van der Waals surface area contributed by atoms with Gasteiger partial charge in [-0.25, -0.2) is 19.9 Å². The molecule has 0 aliphatic rings. The summed E-state index contributed by atoms with van der Waals surface area (Å²) in [7, 11) is 0. The fourth-order valence-corrected chi connectivity index (χ4v) is 3.88. The maximum Gasteiger partial charge on any atom is 0.158 e. The number of aromatic amines is 2. The molecule has 6 nitrogen and oxygen atoms in total. The van der Waals surface area contributed by atoms with Crippen LogP contribution >= 0.6 is 22.7 Å². The van der Waals surface area contributed by atoms with Crippen molar-refractivity contribution < 1.29 is 0 Å². The topological polar surface area (TPSA) is 83.1 Å². The van der Waals surface area contributed by atoms with E-state index in [9.17, 15) is 0 Å². The van der Waals surface area contributed by atoms with Gasteiger partial charge in [-0.1, -0.05) is 24.3 Å². The van der Waals surface area contributed by atoms with Crippen molar-refractivity contribution in [2.45, 2.75) is 0 Å². The molecule has 0 amide bonds. The molecular formula is C20H14N6S2. The molecule has 8 heteroatoms. The summed E-state index contributed by atoms with van der Waals surface area (Å²) in [4.78, 5) is 23.8. The van der Waals surface area contributed by atoms with Gasteiger partial charge in [0.2, 0.25) is 0 Å². The van der Waals surface area contributed by atoms with Gasteiger partial charge in [-0.3, -0.25) is 0 Å². The summed E-state index contributed by atoms with van der Waals surface area (Å²) in [6, 6.07) is 15.9. The van der Waals surface area contributed by atoms with Crippen molar-refractivity contribution in [1.82, 2.24) is 29.9 Å². The lowest BCUT2D eigenvalue weighted by Gasteiger charge is -1.84. The third kappa shape index (κ3) is 3.30. The maximum absolute atomic E-state index is 4.44. The third-order valence-electron chi connectivity index (χ3n) is 4.13. The second-order valence-corrected chi connectivity index (χ2v) is 7.39. The van der Waals surface area contributed by atoms with E-state index >= 15 is 0 Å². The van der Waals surface area contributed by atoms with Gasteiger partial charge in [-0.2, -0.15) is 0 Å². The highest BCUT2D eigenvalue weighted by Gasteiger charge is 2.06. The van der Waals surface area contributed by atoms with Gasteiger partial charge < -0.3 is 9.97 Å². The molecule has 0 bridgehead atoms.